The second-order valence-corrected chi connectivity index (χ2v) is 6.62. The van der Waals surface area contributed by atoms with E-state index in [-0.39, 0.29) is 5.82 Å². The minimum Gasteiger partial charge on any atom is -0.480 e. The van der Waals surface area contributed by atoms with Gasteiger partial charge in [0.15, 0.2) is 0 Å². The minimum atomic E-state index is -0.835. The monoisotopic (exact) mass is 341 g/mol. The Labute approximate surface area is 143 Å². The molecule has 0 bridgehead atoms. The lowest BCUT2D eigenvalue weighted by Gasteiger charge is -2.12. The predicted molar refractivity (Wildman–Crippen MR) is 94.7 cm³/mol. The lowest BCUT2D eigenvalue weighted by atomic mass is 10.0. The van der Waals surface area contributed by atoms with Crippen LogP contribution >= 0.6 is 11.8 Å². The van der Waals surface area contributed by atoms with E-state index in [0.717, 1.165) is 21.4 Å². The highest BCUT2D eigenvalue weighted by molar-refractivity contribution is 8.00. The minimum absolute atomic E-state index is 0.285. The number of carboxylic acids is 1. The summed E-state index contributed by atoms with van der Waals surface area (Å²) < 4.78 is 14.0. The van der Waals surface area contributed by atoms with Crippen LogP contribution in [0.2, 0.25) is 0 Å². The number of halogens is 1. The molecule has 0 spiro atoms. The molecule has 5 heteroatoms. The molecule has 0 radical (unpaired) electrons. The van der Waals surface area contributed by atoms with E-state index in [2.05, 4.69) is 4.98 Å². The Morgan fingerprint density at radius 1 is 1.25 bits per heavy atom. The van der Waals surface area contributed by atoms with Crippen LogP contribution < -0.4 is 0 Å². The van der Waals surface area contributed by atoms with Crippen molar-refractivity contribution < 1.29 is 14.3 Å². The average Bonchev–Trinajstić information content (AvgIpc) is 2.59. The van der Waals surface area contributed by atoms with Crippen molar-refractivity contribution in [3.63, 3.8) is 0 Å². The smallest absolute Gasteiger partial charge is 0.316 e. The molecule has 0 amide bonds. The van der Waals surface area contributed by atoms with Gasteiger partial charge in [0, 0.05) is 22.0 Å². The van der Waals surface area contributed by atoms with Crippen LogP contribution in [0.15, 0.2) is 59.6 Å². The first-order valence-electron chi connectivity index (χ1n) is 7.63. The average molecular weight is 341 g/mol. The molecule has 0 saturated carbocycles. The number of pyridine rings is 1. The second kappa shape index (κ2) is 7.01. The van der Waals surface area contributed by atoms with Gasteiger partial charge >= 0.3 is 5.97 Å². The number of carbonyl (C=O) groups is 1. The SMILES string of the molecule is CCC(Sc1ccnc2ccc(-c3ccccc3F)cc12)C(=O)O. The van der Waals surface area contributed by atoms with Gasteiger partial charge in [-0.2, -0.15) is 0 Å². The highest BCUT2D eigenvalue weighted by Gasteiger charge is 2.18. The van der Waals surface area contributed by atoms with E-state index in [4.69, 9.17) is 0 Å². The third-order valence-corrected chi connectivity index (χ3v) is 5.23. The van der Waals surface area contributed by atoms with Gasteiger partial charge in [-0.1, -0.05) is 31.2 Å². The summed E-state index contributed by atoms with van der Waals surface area (Å²) in [4.78, 5) is 16.5. The van der Waals surface area contributed by atoms with Crippen LogP contribution in [0.4, 0.5) is 4.39 Å². The summed E-state index contributed by atoms with van der Waals surface area (Å²) in [6.45, 7) is 1.85. The fourth-order valence-corrected chi connectivity index (χ4v) is 3.55. The number of aliphatic carboxylic acids is 1. The summed E-state index contributed by atoms with van der Waals surface area (Å²) in [6.07, 6.45) is 2.19. The maximum absolute atomic E-state index is 14.0. The van der Waals surface area contributed by atoms with Crippen LogP contribution in [-0.4, -0.2) is 21.3 Å². The van der Waals surface area contributed by atoms with E-state index in [0.29, 0.717) is 12.0 Å². The topological polar surface area (TPSA) is 50.2 Å². The van der Waals surface area contributed by atoms with E-state index >= 15 is 0 Å². The lowest BCUT2D eigenvalue weighted by molar-refractivity contribution is -0.136. The molecule has 0 saturated heterocycles. The third-order valence-electron chi connectivity index (χ3n) is 3.80. The highest BCUT2D eigenvalue weighted by Crippen LogP contribution is 2.34. The maximum Gasteiger partial charge on any atom is 0.316 e. The van der Waals surface area contributed by atoms with Crippen LogP contribution in [0.5, 0.6) is 0 Å². The van der Waals surface area contributed by atoms with Crippen LogP contribution in [0.3, 0.4) is 0 Å². The van der Waals surface area contributed by atoms with Crippen LogP contribution in [0.1, 0.15) is 13.3 Å². The van der Waals surface area contributed by atoms with Gasteiger partial charge < -0.3 is 5.11 Å². The predicted octanol–water partition coefficient (Wildman–Crippen LogP) is 5.00. The van der Waals surface area contributed by atoms with E-state index in [1.165, 1.54) is 17.8 Å². The maximum atomic E-state index is 14.0. The van der Waals surface area contributed by atoms with Crippen molar-refractivity contribution in [1.29, 1.82) is 0 Å². The zero-order valence-corrected chi connectivity index (χ0v) is 13.9. The summed E-state index contributed by atoms with van der Waals surface area (Å²) >= 11 is 1.30. The van der Waals surface area contributed by atoms with Crippen LogP contribution in [0.25, 0.3) is 22.0 Å². The molecular weight excluding hydrogens is 325 g/mol. The molecule has 3 rings (SSSR count). The molecule has 0 aliphatic heterocycles. The molecule has 1 unspecified atom stereocenters. The number of nitrogens with zero attached hydrogens (tertiary/aromatic N) is 1. The Bertz CT molecular complexity index is 897. The lowest BCUT2D eigenvalue weighted by Crippen LogP contribution is -2.14. The standard InChI is InChI=1S/C19H16FNO2S/c1-2-17(19(22)23)24-18-9-10-21-16-8-7-12(11-14(16)18)13-5-3-4-6-15(13)20/h3-11,17H,2H2,1H3,(H,22,23). The number of carboxylic acid groups (broad SMARTS) is 1. The molecular formula is C19H16FNO2S. The molecule has 3 nitrogen and oxygen atoms in total. The number of fused-ring (bicyclic) bond motifs is 1. The van der Waals surface area contributed by atoms with Crippen molar-refractivity contribution in [1.82, 2.24) is 4.98 Å². The van der Waals surface area contributed by atoms with Crippen molar-refractivity contribution in [3.8, 4) is 11.1 Å². The Kier molecular flexibility index (Phi) is 4.81. The van der Waals surface area contributed by atoms with Crippen LogP contribution in [-0.2, 0) is 4.79 Å². The van der Waals surface area contributed by atoms with Gasteiger partial charge in [-0.05, 0) is 36.2 Å². The number of rotatable bonds is 5. The van der Waals surface area contributed by atoms with Gasteiger partial charge in [0.1, 0.15) is 11.1 Å². The Morgan fingerprint density at radius 3 is 2.75 bits per heavy atom. The van der Waals surface area contributed by atoms with Gasteiger partial charge in [0.25, 0.3) is 0 Å². The van der Waals surface area contributed by atoms with Crippen molar-refractivity contribution in [2.24, 2.45) is 0 Å². The molecule has 3 aromatic rings. The molecule has 1 atom stereocenters. The summed E-state index contributed by atoms with van der Waals surface area (Å²) in [5, 5.41) is 9.61. The summed E-state index contributed by atoms with van der Waals surface area (Å²) in [6, 6.07) is 13.9. The zero-order chi connectivity index (χ0) is 17.1. The van der Waals surface area contributed by atoms with Crippen molar-refractivity contribution in [3.05, 3.63) is 60.5 Å². The molecule has 2 aromatic carbocycles. The van der Waals surface area contributed by atoms with E-state index in [9.17, 15) is 14.3 Å². The summed E-state index contributed by atoms with van der Waals surface area (Å²) in [5.74, 6) is -1.12. The van der Waals surface area contributed by atoms with E-state index in [1.807, 2.05) is 31.2 Å². The molecule has 0 fully saturated rings. The van der Waals surface area contributed by atoms with Crippen molar-refractivity contribution in [2.75, 3.05) is 0 Å². The number of hydrogen-bond acceptors (Lipinski definition) is 3. The van der Waals surface area contributed by atoms with Crippen molar-refractivity contribution in [2.45, 2.75) is 23.5 Å². The molecule has 24 heavy (non-hydrogen) atoms. The van der Waals surface area contributed by atoms with E-state index < -0.39 is 11.2 Å². The van der Waals surface area contributed by atoms with E-state index in [1.54, 1.807) is 24.4 Å². The normalized spacial score (nSPS) is 12.2. The van der Waals surface area contributed by atoms with Gasteiger partial charge in [-0.3, -0.25) is 9.78 Å². The second-order valence-electron chi connectivity index (χ2n) is 5.37. The first kappa shape index (κ1) is 16.5. The third kappa shape index (κ3) is 3.26. The van der Waals surface area contributed by atoms with Gasteiger partial charge in [-0.25, -0.2) is 4.39 Å². The number of benzene rings is 2. The number of thioether (sulfide) groups is 1. The zero-order valence-electron chi connectivity index (χ0n) is 13.1. The fraction of sp³-hybridized carbons (Fsp3) is 0.158. The van der Waals surface area contributed by atoms with Gasteiger partial charge in [0.2, 0.25) is 0 Å². The Balaban J connectivity index is 2.10. The molecule has 0 aliphatic carbocycles. The summed E-state index contributed by atoms with van der Waals surface area (Å²) in [7, 11) is 0. The molecule has 1 aromatic heterocycles. The molecule has 1 heterocycles. The first-order chi connectivity index (χ1) is 11.6. The highest BCUT2D eigenvalue weighted by atomic mass is 32.2. The number of hydrogen-bond donors (Lipinski definition) is 1. The number of aromatic nitrogens is 1. The summed E-state index contributed by atoms with van der Waals surface area (Å²) in [5.41, 5.74) is 2.03. The Morgan fingerprint density at radius 2 is 2.04 bits per heavy atom. The fourth-order valence-electron chi connectivity index (χ4n) is 2.55. The van der Waals surface area contributed by atoms with Crippen LogP contribution in [0, 0.1) is 5.82 Å². The first-order valence-corrected chi connectivity index (χ1v) is 8.51. The molecule has 1 N–H and O–H groups in total. The molecule has 122 valence electrons. The van der Waals surface area contributed by atoms with Crippen molar-refractivity contribution >= 4 is 28.6 Å². The Hall–Kier alpha value is -2.40. The van der Waals surface area contributed by atoms with Gasteiger partial charge in [-0.15, -0.1) is 11.8 Å². The largest absolute Gasteiger partial charge is 0.480 e. The quantitative estimate of drug-likeness (QED) is 0.664. The van der Waals surface area contributed by atoms with Gasteiger partial charge in [0.05, 0.1) is 5.52 Å². The molecule has 0 aliphatic rings.